The topological polar surface area (TPSA) is 87.6 Å². The largest absolute Gasteiger partial charge is 0.497 e. The lowest BCUT2D eigenvalue weighted by atomic mass is 10.2. The maximum atomic E-state index is 11.2. The minimum Gasteiger partial charge on any atom is -0.497 e. The number of nitrogens with two attached hydrogens (primary N) is 2. The molecule has 0 unspecified atom stereocenters. The summed E-state index contributed by atoms with van der Waals surface area (Å²) >= 11 is 3.38. The van der Waals surface area contributed by atoms with Gasteiger partial charge in [-0.15, -0.1) is 0 Å². The molecule has 4 N–H and O–H groups in total. The third-order valence-electron chi connectivity index (χ3n) is 2.66. The summed E-state index contributed by atoms with van der Waals surface area (Å²) in [5.41, 5.74) is 11.8. The number of hydrogen-bond acceptors (Lipinski definition) is 4. The van der Waals surface area contributed by atoms with Crippen molar-refractivity contribution < 1.29 is 14.3 Å². The fraction of sp³-hybridized carbons (Fsp3) is 0.0714. The quantitative estimate of drug-likeness (QED) is 0.840. The van der Waals surface area contributed by atoms with E-state index in [1.54, 1.807) is 37.4 Å². The van der Waals surface area contributed by atoms with Crippen LogP contribution >= 0.6 is 15.9 Å². The molecule has 0 saturated heterocycles. The lowest BCUT2D eigenvalue weighted by Crippen LogP contribution is -2.11. The Morgan fingerprint density at radius 3 is 2.50 bits per heavy atom. The van der Waals surface area contributed by atoms with E-state index in [4.69, 9.17) is 20.9 Å². The van der Waals surface area contributed by atoms with Crippen LogP contribution in [-0.4, -0.2) is 13.0 Å². The van der Waals surface area contributed by atoms with Crippen molar-refractivity contribution in [2.45, 2.75) is 0 Å². The van der Waals surface area contributed by atoms with E-state index < -0.39 is 5.91 Å². The summed E-state index contributed by atoms with van der Waals surface area (Å²) in [6.45, 7) is 0. The highest BCUT2D eigenvalue weighted by Gasteiger charge is 2.10. The number of carbonyl (C=O) groups is 1. The number of hydrogen-bond donors (Lipinski definition) is 2. The number of benzene rings is 2. The Balaban J connectivity index is 2.34. The van der Waals surface area contributed by atoms with Crippen molar-refractivity contribution in [3.05, 3.63) is 46.4 Å². The number of nitrogen functional groups attached to an aromatic ring is 1. The molecular formula is C14H13BrN2O3. The van der Waals surface area contributed by atoms with Gasteiger partial charge >= 0.3 is 0 Å². The van der Waals surface area contributed by atoms with Crippen molar-refractivity contribution in [3.63, 3.8) is 0 Å². The molecule has 0 spiro atoms. The van der Waals surface area contributed by atoms with Gasteiger partial charge in [0, 0.05) is 5.56 Å². The zero-order valence-corrected chi connectivity index (χ0v) is 12.3. The molecule has 0 saturated carbocycles. The van der Waals surface area contributed by atoms with Gasteiger partial charge in [-0.3, -0.25) is 4.79 Å². The Labute approximate surface area is 124 Å². The molecule has 5 nitrogen and oxygen atoms in total. The molecule has 0 heterocycles. The van der Waals surface area contributed by atoms with Crippen molar-refractivity contribution in [3.8, 4) is 17.2 Å². The van der Waals surface area contributed by atoms with Gasteiger partial charge in [-0.25, -0.2) is 0 Å². The summed E-state index contributed by atoms with van der Waals surface area (Å²) in [7, 11) is 1.58. The Hall–Kier alpha value is -2.21. The second-order valence-electron chi connectivity index (χ2n) is 4.02. The first kappa shape index (κ1) is 14.2. The highest BCUT2D eigenvalue weighted by atomic mass is 79.9. The number of anilines is 1. The van der Waals surface area contributed by atoms with Crippen LogP contribution in [0.1, 0.15) is 10.4 Å². The van der Waals surface area contributed by atoms with E-state index in [2.05, 4.69) is 15.9 Å². The number of halogens is 1. The second-order valence-corrected chi connectivity index (χ2v) is 4.87. The smallest absolute Gasteiger partial charge is 0.248 e. The zero-order valence-electron chi connectivity index (χ0n) is 10.7. The summed E-state index contributed by atoms with van der Waals surface area (Å²) in [6, 6.07) is 9.89. The summed E-state index contributed by atoms with van der Waals surface area (Å²) < 4.78 is 11.5. The average molecular weight is 337 g/mol. The highest BCUT2D eigenvalue weighted by molar-refractivity contribution is 9.10. The molecule has 0 aliphatic carbocycles. The third kappa shape index (κ3) is 3.03. The van der Waals surface area contributed by atoms with Crippen LogP contribution in [0.4, 0.5) is 5.69 Å². The molecule has 6 heteroatoms. The molecule has 0 radical (unpaired) electrons. The van der Waals surface area contributed by atoms with Crippen LogP contribution in [0.15, 0.2) is 40.9 Å². The Kier molecular flexibility index (Phi) is 4.14. The lowest BCUT2D eigenvalue weighted by molar-refractivity contribution is 0.1000. The highest BCUT2D eigenvalue weighted by Crippen LogP contribution is 2.35. The maximum absolute atomic E-state index is 11.2. The molecule has 0 aliphatic rings. The number of primary amides is 1. The van der Waals surface area contributed by atoms with E-state index in [0.717, 1.165) is 0 Å². The molecule has 0 aromatic heterocycles. The first-order chi connectivity index (χ1) is 9.51. The molecule has 0 fully saturated rings. The number of amides is 1. The Morgan fingerprint density at radius 2 is 1.90 bits per heavy atom. The van der Waals surface area contributed by atoms with E-state index in [9.17, 15) is 4.79 Å². The summed E-state index contributed by atoms with van der Waals surface area (Å²) in [5.74, 6) is 1.08. The number of carbonyl (C=O) groups excluding carboxylic acids is 1. The monoisotopic (exact) mass is 336 g/mol. The van der Waals surface area contributed by atoms with Gasteiger partial charge in [0.15, 0.2) is 5.75 Å². The van der Waals surface area contributed by atoms with Gasteiger partial charge < -0.3 is 20.9 Å². The third-order valence-corrected chi connectivity index (χ3v) is 3.28. The van der Waals surface area contributed by atoms with E-state index in [-0.39, 0.29) is 0 Å². The zero-order chi connectivity index (χ0) is 14.7. The second kappa shape index (κ2) is 5.83. The van der Waals surface area contributed by atoms with E-state index >= 15 is 0 Å². The number of rotatable bonds is 4. The summed E-state index contributed by atoms with van der Waals surface area (Å²) in [5, 5.41) is 0. The predicted octanol–water partition coefficient (Wildman–Crippen LogP) is 2.93. The van der Waals surface area contributed by atoms with E-state index in [0.29, 0.717) is 33.0 Å². The SMILES string of the molecule is COc1ccc(Oc2cc(C(N)=O)ccc2N)c(Br)c1. The van der Waals surface area contributed by atoms with Gasteiger partial charge in [-0.2, -0.15) is 0 Å². The average Bonchev–Trinajstić information content (AvgIpc) is 2.42. The van der Waals surface area contributed by atoms with Crippen LogP contribution in [0, 0.1) is 0 Å². The predicted molar refractivity (Wildman–Crippen MR) is 80.1 cm³/mol. The van der Waals surface area contributed by atoms with Crippen LogP contribution in [-0.2, 0) is 0 Å². The first-order valence-electron chi connectivity index (χ1n) is 5.72. The fourth-order valence-electron chi connectivity index (χ4n) is 1.59. The molecule has 0 bridgehead atoms. The molecule has 1 amide bonds. The number of methoxy groups -OCH3 is 1. The van der Waals surface area contributed by atoms with Gasteiger partial charge in [0.2, 0.25) is 5.91 Å². The van der Waals surface area contributed by atoms with Gasteiger partial charge in [-0.1, -0.05) is 0 Å². The van der Waals surface area contributed by atoms with Crippen LogP contribution in [0.2, 0.25) is 0 Å². The van der Waals surface area contributed by atoms with Crippen molar-refractivity contribution in [2.75, 3.05) is 12.8 Å². The van der Waals surface area contributed by atoms with Gasteiger partial charge in [0.1, 0.15) is 11.5 Å². The van der Waals surface area contributed by atoms with Crippen LogP contribution in [0.5, 0.6) is 17.2 Å². The summed E-state index contributed by atoms with van der Waals surface area (Å²) in [4.78, 5) is 11.2. The fourth-order valence-corrected chi connectivity index (χ4v) is 2.02. The minimum absolute atomic E-state index is 0.332. The van der Waals surface area contributed by atoms with Crippen molar-refractivity contribution >= 4 is 27.5 Å². The first-order valence-corrected chi connectivity index (χ1v) is 6.51. The molecular weight excluding hydrogens is 324 g/mol. The Morgan fingerprint density at radius 1 is 1.15 bits per heavy atom. The van der Waals surface area contributed by atoms with Gasteiger partial charge in [0.05, 0.1) is 17.3 Å². The van der Waals surface area contributed by atoms with Crippen molar-refractivity contribution in [1.29, 1.82) is 0 Å². The standard InChI is InChI=1S/C14H13BrN2O3/c1-19-9-3-5-12(10(15)7-9)20-13-6-8(14(17)18)2-4-11(13)16/h2-7H,16H2,1H3,(H2,17,18). The molecule has 20 heavy (non-hydrogen) atoms. The molecule has 104 valence electrons. The molecule has 0 atom stereocenters. The minimum atomic E-state index is -0.538. The van der Waals surface area contributed by atoms with Crippen LogP contribution < -0.4 is 20.9 Å². The number of ether oxygens (including phenoxy) is 2. The van der Waals surface area contributed by atoms with Crippen molar-refractivity contribution in [1.82, 2.24) is 0 Å². The molecule has 2 rings (SSSR count). The van der Waals surface area contributed by atoms with Crippen LogP contribution in [0.25, 0.3) is 0 Å². The lowest BCUT2D eigenvalue weighted by Gasteiger charge is -2.11. The molecule has 2 aromatic rings. The Bertz CT molecular complexity index is 659. The van der Waals surface area contributed by atoms with Crippen molar-refractivity contribution in [2.24, 2.45) is 5.73 Å². The summed E-state index contributed by atoms with van der Waals surface area (Å²) in [6.07, 6.45) is 0. The van der Waals surface area contributed by atoms with Crippen LogP contribution in [0.3, 0.4) is 0 Å². The normalized spacial score (nSPS) is 10.1. The van der Waals surface area contributed by atoms with Gasteiger partial charge in [0.25, 0.3) is 0 Å². The van der Waals surface area contributed by atoms with Gasteiger partial charge in [-0.05, 0) is 52.3 Å². The van der Waals surface area contributed by atoms with E-state index in [1.807, 2.05) is 0 Å². The molecule has 0 aliphatic heterocycles. The van der Waals surface area contributed by atoms with E-state index in [1.165, 1.54) is 6.07 Å². The molecule has 2 aromatic carbocycles. The maximum Gasteiger partial charge on any atom is 0.248 e.